The molecule has 0 aliphatic carbocycles. The molecule has 0 saturated carbocycles. The minimum atomic E-state index is -0.797. The number of benzene rings is 1. The fraction of sp³-hybridized carbons (Fsp3) is 0.333. The van der Waals surface area contributed by atoms with Gasteiger partial charge in [0.05, 0.1) is 0 Å². The van der Waals surface area contributed by atoms with E-state index < -0.39 is 9.66 Å². The second kappa shape index (κ2) is 6.20. The standard InChI is InChI=1S/C12H13F2I/c1-2-3-4-9-5-7-10(8-6-9)11(13)12(14)15/h5-8H,2-4H2,1H3/b12-11-. The highest BCUT2D eigenvalue weighted by Crippen LogP contribution is 2.25. The van der Waals surface area contributed by atoms with Gasteiger partial charge in [-0.05, 0) is 41.0 Å². The van der Waals surface area contributed by atoms with E-state index in [2.05, 4.69) is 6.92 Å². The van der Waals surface area contributed by atoms with Gasteiger partial charge in [-0.3, -0.25) is 0 Å². The van der Waals surface area contributed by atoms with Crippen molar-refractivity contribution >= 4 is 28.4 Å². The van der Waals surface area contributed by atoms with E-state index >= 15 is 0 Å². The molecule has 82 valence electrons. The second-order valence-corrected chi connectivity index (χ2v) is 4.32. The summed E-state index contributed by atoms with van der Waals surface area (Å²) in [6.45, 7) is 2.13. The summed E-state index contributed by atoms with van der Waals surface area (Å²) in [7, 11) is 0. The van der Waals surface area contributed by atoms with Crippen LogP contribution < -0.4 is 0 Å². The van der Waals surface area contributed by atoms with Gasteiger partial charge in [0.1, 0.15) is 0 Å². The van der Waals surface area contributed by atoms with E-state index in [0.29, 0.717) is 5.56 Å². The Kier molecular flexibility index (Phi) is 5.22. The van der Waals surface area contributed by atoms with Crippen LogP contribution in [0.15, 0.2) is 28.1 Å². The van der Waals surface area contributed by atoms with Crippen LogP contribution in [0.4, 0.5) is 8.78 Å². The number of unbranched alkanes of at least 4 members (excludes halogenated alkanes) is 1. The lowest BCUT2D eigenvalue weighted by Gasteiger charge is -2.01. The topological polar surface area (TPSA) is 0 Å². The van der Waals surface area contributed by atoms with E-state index in [9.17, 15) is 8.78 Å². The number of rotatable bonds is 4. The van der Waals surface area contributed by atoms with E-state index in [1.54, 1.807) is 12.1 Å². The van der Waals surface area contributed by atoms with E-state index in [4.69, 9.17) is 0 Å². The summed E-state index contributed by atoms with van der Waals surface area (Å²) in [4.78, 5) is 0. The summed E-state index contributed by atoms with van der Waals surface area (Å²) in [6.07, 6.45) is 3.26. The van der Waals surface area contributed by atoms with Gasteiger partial charge in [0.25, 0.3) is 0 Å². The highest BCUT2D eigenvalue weighted by molar-refractivity contribution is 14.1. The number of halogens is 3. The molecule has 0 atom stereocenters. The van der Waals surface area contributed by atoms with Crippen LogP contribution in [-0.2, 0) is 6.42 Å². The Morgan fingerprint density at radius 3 is 2.27 bits per heavy atom. The quantitative estimate of drug-likeness (QED) is 0.682. The third-order valence-electron chi connectivity index (χ3n) is 2.19. The maximum atomic E-state index is 13.1. The molecule has 0 aliphatic heterocycles. The molecule has 0 unspecified atom stereocenters. The Labute approximate surface area is 103 Å². The zero-order chi connectivity index (χ0) is 11.3. The van der Waals surface area contributed by atoms with Crippen molar-refractivity contribution in [2.75, 3.05) is 0 Å². The van der Waals surface area contributed by atoms with Crippen molar-refractivity contribution in [1.29, 1.82) is 0 Å². The molecule has 1 aromatic carbocycles. The molecule has 3 heteroatoms. The summed E-state index contributed by atoms with van der Waals surface area (Å²) in [5, 5.41) is 0. The Morgan fingerprint density at radius 2 is 1.80 bits per heavy atom. The van der Waals surface area contributed by atoms with Gasteiger partial charge < -0.3 is 0 Å². The molecule has 0 heterocycles. The van der Waals surface area contributed by atoms with Crippen molar-refractivity contribution in [3.8, 4) is 0 Å². The van der Waals surface area contributed by atoms with Crippen molar-refractivity contribution in [3.05, 3.63) is 39.2 Å². The molecule has 0 radical (unpaired) electrons. The summed E-state index contributed by atoms with van der Waals surface area (Å²) in [5.74, 6) is -0.780. The molecule has 1 rings (SSSR count). The normalized spacial score (nSPS) is 12.5. The van der Waals surface area contributed by atoms with Gasteiger partial charge in [0.2, 0.25) is 0 Å². The molecule has 0 fully saturated rings. The van der Waals surface area contributed by atoms with Gasteiger partial charge in [-0.1, -0.05) is 37.6 Å². The van der Waals surface area contributed by atoms with Crippen LogP contribution in [0, 0.1) is 0 Å². The summed E-state index contributed by atoms with van der Waals surface area (Å²) >= 11 is 1.34. The van der Waals surface area contributed by atoms with Crippen LogP contribution in [0.5, 0.6) is 0 Å². The van der Waals surface area contributed by atoms with Crippen molar-refractivity contribution in [1.82, 2.24) is 0 Å². The SMILES string of the molecule is CCCCc1ccc(/C(F)=C(\F)I)cc1. The average Bonchev–Trinajstić information content (AvgIpc) is 2.26. The molecule has 0 saturated heterocycles. The highest BCUT2D eigenvalue weighted by atomic mass is 127. The first-order chi connectivity index (χ1) is 7.15. The van der Waals surface area contributed by atoms with Crippen molar-refractivity contribution < 1.29 is 8.78 Å². The number of hydrogen-bond donors (Lipinski definition) is 0. The maximum Gasteiger partial charge on any atom is 0.196 e. The van der Waals surface area contributed by atoms with E-state index in [0.717, 1.165) is 19.3 Å². The number of hydrogen-bond acceptors (Lipinski definition) is 0. The fourth-order valence-electron chi connectivity index (χ4n) is 1.31. The first-order valence-corrected chi connectivity index (χ1v) is 6.03. The molecular weight excluding hydrogens is 309 g/mol. The maximum absolute atomic E-state index is 13.1. The van der Waals surface area contributed by atoms with Crippen molar-refractivity contribution in [2.24, 2.45) is 0 Å². The lowest BCUT2D eigenvalue weighted by Crippen LogP contribution is -1.85. The van der Waals surface area contributed by atoms with Crippen LogP contribution in [-0.4, -0.2) is 0 Å². The van der Waals surface area contributed by atoms with Gasteiger partial charge >= 0.3 is 0 Å². The first-order valence-electron chi connectivity index (χ1n) is 4.95. The minimum Gasteiger partial charge on any atom is -0.203 e. The molecule has 15 heavy (non-hydrogen) atoms. The molecule has 0 spiro atoms. The van der Waals surface area contributed by atoms with Crippen LogP contribution in [0.1, 0.15) is 30.9 Å². The summed E-state index contributed by atoms with van der Waals surface area (Å²) in [5.41, 5.74) is 1.48. The van der Waals surface area contributed by atoms with E-state index in [1.165, 1.54) is 28.2 Å². The molecular formula is C12H13F2I. The Balaban J connectivity index is 2.77. The van der Waals surface area contributed by atoms with Gasteiger partial charge in [0, 0.05) is 5.56 Å². The zero-order valence-electron chi connectivity index (χ0n) is 8.56. The van der Waals surface area contributed by atoms with Crippen LogP contribution in [0.2, 0.25) is 0 Å². The molecule has 0 N–H and O–H groups in total. The number of aryl methyl sites for hydroxylation is 1. The Morgan fingerprint density at radius 1 is 1.20 bits per heavy atom. The molecule has 0 aliphatic rings. The molecule has 0 aromatic heterocycles. The third kappa shape index (κ3) is 3.89. The lowest BCUT2D eigenvalue weighted by molar-refractivity contribution is 0.663. The minimum absolute atomic E-state index is 0.308. The summed E-state index contributed by atoms with van der Waals surface area (Å²) < 4.78 is 24.9. The largest absolute Gasteiger partial charge is 0.203 e. The summed E-state index contributed by atoms with van der Waals surface area (Å²) in [6, 6.07) is 6.95. The molecule has 0 amide bonds. The van der Waals surface area contributed by atoms with Gasteiger partial charge in [0.15, 0.2) is 9.66 Å². The predicted octanol–water partition coefficient (Wildman–Crippen LogP) is 5.03. The van der Waals surface area contributed by atoms with E-state index in [1.807, 2.05) is 12.1 Å². The van der Waals surface area contributed by atoms with E-state index in [-0.39, 0.29) is 0 Å². The first kappa shape index (κ1) is 12.6. The van der Waals surface area contributed by atoms with Crippen molar-refractivity contribution in [2.45, 2.75) is 26.2 Å². The van der Waals surface area contributed by atoms with Crippen LogP contribution in [0.25, 0.3) is 5.83 Å². The molecule has 0 nitrogen and oxygen atoms in total. The Bertz CT molecular complexity index is 337. The van der Waals surface area contributed by atoms with Crippen molar-refractivity contribution in [3.63, 3.8) is 0 Å². The monoisotopic (exact) mass is 322 g/mol. The molecule has 0 bridgehead atoms. The second-order valence-electron chi connectivity index (χ2n) is 3.37. The van der Waals surface area contributed by atoms with Gasteiger partial charge in [-0.2, -0.15) is 4.39 Å². The predicted molar refractivity (Wildman–Crippen MR) is 68.2 cm³/mol. The average molecular weight is 322 g/mol. The Hall–Kier alpha value is -0.450. The smallest absolute Gasteiger partial charge is 0.196 e. The highest BCUT2D eigenvalue weighted by Gasteiger charge is 2.05. The van der Waals surface area contributed by atoms with Crippen LogP contribution in [0.3, 0.4) is 0 Å². The molecule has 1 aromatic rings. The third-order valence-corrected chi connectivity index (χ3v) is 2.67. The lowest BCUT2D eigenvalue weighted by atomic mass is 10.1. The fourth-order valence-corrected chi connectivity index (χ4v) is 1.62. The van der Waals surface area contributed by atoms with Gasteiger partial charge in [-0.25, -0.2) is 4.39 Å². The zero-order valence-corrected chi connectivity index (χ0v) is 10.7. The van der Waals surface area contributed by atoms with Crippen LogP contribution >= 0.6 is 22.6 Å². The van der Waals surface area contributed by atoms with Gasteiger partial charge in [-0.15, -0.1) is 0 Å².